The third kappa shape index (κ3) is 4.98. The summed E-state index contributed by atoms with van der Waals surface area (Å²) in [4.78, 5) is 0. The molecule has 2 aromatic carbocycles. The van der Waals surface area contributed by atoms with Gasteiger partial charge in [-0.1, -0.05) is 13.0 Å². The van der Waals surface area contributed by atoms with Gasteiger partial charge in [-0.25, -0.2) is 0 Å². The van der Waals surface area contributed by atoms with Crippen LogP contribution >= 0.6 is 0 Å². The molecule has 202 valence electrons. The van der Waals surface area contributed by atoms with Crippen LogP contribution in [0.4, 0.5) is 0 Å². The molecule has 3 aliphatic heterocycles. The van der Waals surface area contributed by atoms with Gasteiger partial charge in [0.1, 0.15) is 17.6 Å². The Kier molecular flexibility index (Phi) is 7.78. The van der Waals surface area contributed by atoms with Crippen molar-refractivity contribution in [3.8, 4) is 23.0 Å². The fraction of sp³-hybridized carbons (Fsp3) is 0.571. The van der Waals surface area contributed by atoms with E-state index in [0.29, 0.717) is 42.6 Å². The van der Waals surface area contributed by atoms with E-state index in [9.17, 15) is 10.2 Å². The Balaban J connectivity index is 1.31. The van der Waals surface area contributed by atoms with Crippen LogP contribution in [0.1, 0.15) is 36.7 Å². The Morgan fingerprint density at radius 1 is 0.865 bits per heavy atom. The zero-order valence-corrected chi connectivity index (χ0v) is 21.7. The number of fused-ring (bicyclic) bond motifs is 1. The summed E-state index contributed by atoms with van der Waals surface area (Å²) in [7, 11) is 4.86. The highest BCUT2D eigenvalue weighted by atomic mass is 16.7. The smallest absolute Gasteiger partial charge is 0.226 e. The molecule has 0 aromatic heterocycles. The molecule has 9 nitrogen and oxygen atoms in total. The molecule has 8 atom stereocenters. The average Bonchev–Trinajstić information content (AvgIpc) is 3.52. The van der Waals surface area contributed by atoms with Crippen LogP contribution in [0.3, 0.4) is 0 Å². The molecule has 5 rings (SSSR count). The van der Waals surface area contributed by atoms with E-state index in [-0.39, 0.29) is 42.7 Å². The summed E-state index contributed by atoms with van der Waals surface area (Å²) in [5.41, 5.74) is 1.96. The highest BCUT2D eigenvalue weighted by Crippen LogP contribution is 2.52. The molecule has 3 heterocycles. The number of hydrogen-bond acceptors (Lipinski definition) is 9. The molecule has 2 aromatic rings. The normalized spacial score (nSPS) is 33.1. The molecule has 0 amide bonds. The standard InChI is InChI=1S/C28H36O9/c1-15-9-21(30)28(37-25(15)12-29)36-17-6-7-18(23(11-17)32-3)27-20-14-34-26(19(20)13-35-27)16-5-8-22(31-2)24(10-16)33-4/h5-8,10-11,15,19-21,25-30H,9,12-14H2,1-4H3/t15?,19?,20-,21+,25+,26-,27?,28?/m0/s1. The van der Waals surface area contributed by atoms with Gasteiger partial charge in [0.05, 0.1) is 59.5 Å². The first-order valence-electron chi connectivity index (χ1n) is 12.7. The van der Waals surface area contributed by atoms with Crippen LogP contribution < -0.4 is 18.9 Å². The number of ether oxygens (including phenoxy) is 7. The summed E-state index contributed by atoms with van der Waals surface area (Å²) >= 11 is 0. The lowest BCUT2D eigenvalue weighted by Gasteiger charge is -2.37. The molecule has 3 fully saturated rings. The van der Waals surface area contributed by atoms with Crippen molar-refractivity contribution in [3.63, 3.8) is 0 Å². The Morgan fingerprint density at radius 3 is 2.27 bits per heavy atom. The van der Waals surface area contributed by atoms with Crippen molar-refractivity contribution in [2.24, 2.45) is 17.8 Å². The Labute approximate surface area is 217 Å². The van der Waals surface area contributed by atoms with Crippen LogP contribution in [0, 0.1) is 17.8 Å². The van der Waals surface area contributed by atoms with E-state index in [1.165, 1.54) is 0 Å². The highest BCUT2D eigenvalue weighted by molar-refractivity contribution is 5.45. The molecule has 2 N–H and O–H groups in total. The number of aliphatic hydroxyl groups excluding tert-OH is 2. The van der Waals surface area contributed by atoms with E-state index in [2.05, 4.69) is 0 Å². The van der Waals surface area contributed by atoms with Gasteiger partial charge in [-0.05, 0) is 42.2 Å². The van der Waals surface area contributed by atoms with Crippen LogP contribution in [0.5, 0.6) is 23.0 Å². The summed E-state index contributed by atoms with van der Waals surface area (Å²) in [6.45, 7) is 2.95. The zero-order valence-electron chi connectivity index (χ0n) is 21.7. The average molecular weight is 517 g/mol. The van der Waals surface area contributed by atoms with Crippen LogP contribution in [0.25, 0.3) is 0 Å². The monoisotopic (exact) mass is 516 g/mol. The molecule has 3 saturated heterocycles. The lowest BCUT2D eigenvalue weighted by Crippen LogP contribution is -2.47. The summed E-state index contributed by atoms with van der Waals surface area (Å²) in [6.07, 6.45) is -1.82. The third-order valence-electron chi connectivity index (χ3n) is 7.81. The van der Waals surface area contributed by atoms with Gasteiger partial charge >= 0.3 is 0 Å². The largest absolute Gasteiger partial charge is 0.496 e. The lowest BCUT2D eigenvalue weighted by molar-refractivity contribution is -0.225. The van der Waals surface area contributed by atoms with Gasteiger partial charge in [0.25, 0.3) is 0 Å². The Bertz CT molecular complexity index is 1080. The zero-order chi connectivity index (χ0) is 26.1. The van der Waals surface area contributed by atoms with Gasteiger partial charge in [0, 0.05) is 23.5 Å². The van der Waals surface area contributed by atoms with Gasteiger partial charge < -0.3 is 43.4 Å². The number of benzene rings is 2. The second-order valence-corrected chi connectivity index (χ2v) is 9.98. The predicted molar refractivity (Wildman–Crippen MR) is 133 cm³/mol. The maximum absolute atomic E-state index is 10.4. The molecule has 0 aliphatic carbocycles. The quantitative estimate of drug-likeness (QED) is 0.547. The molecule has 0 bridgehead atoms. The minimum Gasteiger partial charge on any atom is -0.496 e. The van der Waals surface area contributed by atoms with Crippen molar-refractivity contribution < 1.29 is 43.4 Å². The van der Waals surface area contributed by atoms with Gasteiger partial charge in [-0.15, -0.1) is 0 Å². The van der Waals surface area contributed by atoms with E-state index in [4.69, 9.17) is 33.2 Å². The third-order valence-corrected chi connectivity index (χ3v) is 7.81. The fourth-order valence-corrected chi connectivity index (χ4v) is 5.75. The number of aliphatic hydroxyl groups is 2. The van der Waals surface area contributed by atoms with Gasteiger partial charge in [-0.2, -0.15) is 0 Å². The molecule has 9 heteroatoms. The number of rotatable bonds is 8. The second-order valence-electron chi connectivity index (χ2n) is 9.98. The molecule has 0 saturated carbocycles. The van der Waals surface area contributed by atoms with Crippen LogP contribution in [-0.4, -0.2) is 69.9 Å². The summed E-state index contributed by atoms with van der Waals surface area (Å²) in [5, 5.41) is 20.0. The molecule has 3 aliphatic rings. The van der Waals surface area contributed by atoms with E-state index >= 15 is 0 Å². The molecule has 0 radical (unpaired) electrons. The maximum Gasteiger partial charge on any atom is 0.226 e. The lowest BCUT2D eigenvalue weighted by atomic mass is 9.84. The summed E-state index contributed by atoms with van der Waals surface area (Å²) < 4.78 is 40.9. The predicted octanol–water partition coefficient (Wildman–Crippen LogP) is 3.27. The highest BCUT2D eigenvalue weighted by Gasteiger charge is 2.49. The summed E-state index contributed by atoms with van der Waals surface area (Å²) in [6, 6.07) is 11.4. The van der Waals surface area contributed by atoms with Gasteiger partial charge in [0.15, 0.2) is 11.5 Å². The fourth-order valence-electron chi connectivity index (χ4n) is 5.75. The van der Waals surface area contributed by atoms with Crippen LogP contribution in [0.2, 0.25) is 0 Å². The Morgan fingerprint density at radius 2 is 1.57 bits per heavy atom. The Hall–Kier alpha value is -2.56. The van der Waals surface area contributed by atoms with Crippen molar-refractivity contribution in [2.75, 3.05) is 41.2 Å². The maximum atomic E-state index is 10.4. The number of hydrogen-bond donors (Lipinski definition) is 2. The van der Waals surface area contributed by atoms with Crippen molar-refractivity contribution in [1.29, 1.82) is 0 Å². The topological polar surface area (TPSA) is 105 Å². The summed E-state index contributed by atoms with van der Waals surface area (Å²) in [5.74, 6) is 2.89. The first kappa shape index (κ1) is 26.1. The van der Waals surface area contributed by atoms with E-state index < -0.39 is 12.4 Å². The van der Waals surface area contributed by atoms with Gasteiger partial charge in [0.2, 0.25) is 6.29 Å². The van der Waals surface area contributed by atoms with E-state index in [1.54, 1.807) is 27.4 Å². The van der Waals surface area contributed by atoms with Crippen molar-refractivity contribution in [3.05, 3.63) is 47.5 Å². The molecular weight excluding hydrogens is 480 g/mol. The van der Waals surface area contributed by atoms with Crippen molar-refractivity contribution in [1.82, 2.24) is 0 Å². The molecule has 4 unspecified atom stereocenters. The number of methoxy groups -OCH3 is 3. The minimum absolute atomic E-state index is 0.0423. The first-order valence-corrected chi connectivity index (χ1v) is 12.7. The van der Waals surface area contributed by atoms with Crippen LogP contribution in [-0.2, 0) is 14.2 Å². The SMILES string of the molecule is COc1ccc([C@@H]2OC[C@@H]3C(c4ccc(OC5O[C@H](CO)C(C)C[C@H]5O)cc4OC)OCC32)cc1OC. The minimum atomic E-state index is -0.860. The van der Waals surface area contributed by atoms with Crippen molar-refractivity contribution >= 4 is 0 Å². The molecule has 37 heavy (non-hydrogen) atoms. The molecular formula is C28H36O9. The van der Waals surface area contributed by atoms with E-state index in [0.717, 1.165) is 11.1 Å². The van der Waals surface area contributed by atoms with Crippen LogP contribution in [0.15, 0.2) is 36.4 Å². The molecule has 0 spiro atoms. The van der Waals surface area contributed by atoms with Crippen molar-refractivity contribution in [2.45, 2.75) is 44.1 Å². The first-order chi connectivity index (χ1) is 18.0. The van der Waals surface area contributed by atoms with Gasteiger partial charge in [-0.3, -0.25) is 0 Å². The van der Waals surface area contributed by atoms with E-state index in [1.807, 2.05) is 37.3 Å². The second kappa shape index (κ2) is 11.0.